The van der Waals surface area contributed by atoms with Gasteiger partial charge in [0.25, 0.3) is 5.91 Å². The second kappa shape index (κ2) is 11.1. The molecule has 2 aromatic rings. The Morgan fingerprint density at radius 1 is 1.10 bits per heavy atom. The van der Waals surface area contributed by atoms with Gasteiger partial charge >= 0.3 is 5.97 Å². The van der Waals surface area contributed by atoms with Crippen molar-refractivity contribution in [3.05, 3.63) is 45.9 Å². The van der Waals surface area contributed by atoms with Crippen LogP contribution in [0.3, 0.4) is 0 Å². The Morgan fingerprint density at radius 2 is 1.83 bits per heavy atom. The number of carboxylic acid groups (broad SMARTS) is 1. The number of hydrazone groups is 1. The van der Waals surface area contributed by atoms with Crippen molar-refractivity contribution in [2.75, 3.05) is 27.4 Å². The monoisotopic (exact) mass is 480 g/mol. The maximum absolute atomic E-state index is 12.3. The SMILES string of the molecule is CCOc1cc(/C=N/NC(=O)c2ccc(OC)c(OC)c2)cc(Br)c1OCC(=O)O. The average molecular weight is 481 g/mol. The third-order valence-corrected chi connectivity index (χ3v) is 4.29. The second-order valence-electron chi connectivity index (χ2n) is 5.71. The van der Waals surface area contributed by atoms with Gasteiger partial charge in [-0.25, -0.2) is 10.2 Å². The third kappa shape index (κ3) is 6.11. The van der Waals surface area contributed by atoms with Crippen molar-refractivity contribution in [2.24, 2.45) is 5.10 Å². The molecule has 30 heavy (non-hydrogen) atoms. The van der Waals surface area contributed by atoms with Gasteiger partial charge in [-0.05, 0) is 58.7 Å². The van der Waals surface area contributed by atoms with Crippen LogP contribution in [0.25, 0.3) is 0 Å². The number of nitrogens with one attached hydrogen (secondary N) is 1. The molecule has 9 nitrogen and oxygen atoms in total. The summed E-state index contributed by atoms with van der Waals surface area (Å²) in [4.78, 5) is 23.1. The highest BCUT2D eigenvalue weighted by atomic mass is 79.9. The normalized spacial score (nSPS) is 10.5. The number of carboxylic acids is 1. The van der Waals surface area contributed by atoms with Crippen LogP contribution < -0.4 is 24.4 Å². The number of amides is 1. The summed E-state index contributed by atoms with van der Waals surface area (Å²) in [6, 6.07) is 8.04. The smallest absolute Gasteiger partial charge is 0.341 e. The van der Waals surface area contributed by atoms with E-state index < -0.39 is 18.5 Å². The Kier molecular flexibility index (Phi) is 8.48. The van der Waals surface area contributed by atoms with Crippen LogP contribution in [-0.2, 0) is 4.79 Å². The highest BCUT2D eigenvalue weighted by Gasteiger charge is 2.14. The van der Waals surface area contributed by atoms with Gasteiger partial charge in [0.1, 0.15) is 0 Å². The van der Waals surface area contributed by atoms with Crippen molar-refractivity contribution in [1.29, 1.82) is 0 Å². The zero-order valence-corrected chi connectivity index (χ0v) is 18.2. The van der Waals surface area contributed by atoms with Crippen molar-refractivity contribution in [1.82, 2.24) is 5.43 Å². The number of hydrogen-bond acceptors (Lipinski definition) is 7. The molecular formula is C20H21BrN2O7. The molecule has 2 N–H and O–H groups in total. The van der Waals surface area contributed by atoms with Crippen molar-refractivity contribution < 1.29 is 33.6 Å². The maximum Gasteiger partial charge on any atom is 0.341 e. The summed E-state index contributed by atoms with van der Waals surface area (Å²) >= 11 is 3.33. The van der Waals surface area contributed by atoms with Gasteiger partial charge in [0.15, 0.2) is 29.6 Å². The van der Waals surface area contributed by atoms with Crippen molar-refractivity contribution in [2.45, 2.75) is 6.92 Å². The molecule has 0 fully saturated rings. The minimum Gasteiger partial charge on any atom is -0.493 e. The number of carbonyl (C=O) groups excluding carboxylic acids is 1. The molecule has 160 valence electrons. The van der Waals surface area contributed by atoms with Crippen molar-refractivity contribution in [3.8, 4) is 23.0 Å². The van der Waals surface area contributed by atoms with Crippen LogP contribution in [0.2, 0.25) is 0 Å². The Morgan fingerprint density at radius 3 is 2.47 bits per heavy atom. The van der Waals surface area contributed by atoms with E-state index in [1.165, 1.54) is 20.4 Å². The van der Waals surface area contributed by atoms with Crippen LogP contribution in [-0.4, -0.2) is 50.6 Å². The van der Waals surface area contributed by atoms with Crippen LogP contribution in [0.1, 0.15) is 22.8 Å². The molecular weight excluding hydrogens is 460 g/mol. The van der Waals surface area contributed by atoms with Crippen LogP contribution in [0.15, 0.2) is 39.9 Å². The van der Waals surface area contributed by atoms with Gasteiger partial charge in [-0.1, -0.05) is 0 Å². The number of ether oxygens (including phenoxy) is 4. The summed E-state index contributed by atoms with van der Waals surface area (Å²) in [5.41, 5.74) is 3.37. The van der Waals surface area contributed by atoms with Crippen LogP contribution in [0.4, 0.5) is 0 Å². The molecule has 2 rings (SSSR count). The van der Waals surface area contributed by atoms with E-state index in [9.17, 15) is 9.59 Å². The third-order valence-electron chi connectivity index (χ3n) is 3.70. The van der Waals surface area contributed by atoms with Gasteiger partial charge in [-0.3, -0.25) is 4.79 Å². The summed E-state index contributed by atoms with van der Waals surface area (Å²) < 4.78 is 21.6. The lowest BCUT2D eigenvalue weighted by Gasteiger charge is -2.13. The molecule has 1 amide bonds. The lowest BCUT2D eigenvalue weighted by atomic mass is 10.2. The summed E-state index contributed by atoms with van der Waals surface area (Å²) in [5.74, 6) is 0.0181. The lowest BCUT2D eigenvalue weighted by Crippen LogP contribution is -2.17. The van der Waals surface area contributed by atoms with Gasteiger partial charge in [0.05, 0.1) is 31.5 Å². The molecule has 0 unspecified atom stereocenters. The van der Waals surface area contributed by atoms with Crippen molar-refractivity contribution >= 4 is 34.0 Å². The number of aliphatic carboxylic acids is 1. The summed E-state index contributed by atoms with van der Waals surface area (Å²) in [6.07, 6.45) is 1.42. The van der Waals surface area contributed by atoms with E-state index in [2.05, 4.69) is 26.5 Å². The molecule has 0 heterocycles. The Labute approximate surface area is 181 Å². The fourth-order valence-corrected chi connectivity index (χ4v) is 2.98. The number of carbonyl (C=O) groups is 2. The van der Waals surface area contributed by atoms with Crippen LogP contribution in [0.5, 0.6) is 23.0 Å². The molecule has 0 atom stereocenters. The van der Waals surface area contributed by atoms with Gasteiger partial charge in [0, 0.05) is 5.56 Å². The summed E-state index contributed by atoms with van der Waals surface area (Å²) in [7, 11) is 2.99. The molecule has 0 saturated heterocycles. The van der Waals surface area contributed by atoms with E-state index in [0.29, 0.717) is 39.5 Å². The second-order valence-corrected chi connectivity index (χ2v) is 6.57. The zero-order valence-electron chi connectivity index (χ0n) is 16.6. The quantitative estimate of drug-likeness (QED) is 0.396. The fraction of sp³-hybridized carbons (Fsp3) is 0.250. The molecule has 2 aromatic carbocycles. The Balaban J connectivity index is 2.15. The number of methoxy groups -OCH3 is 2. The topological polar surface area (TPSA) is 116 Å². The molecule has 0 bridgehead atoms. The van der Waals surface area contributed by atoms with E-state index in [4.69, 9.17) is 24.1 Å². The highest BCUT2D eigenvalue weighted by Crippen LogP contribution is 2.36. The molecule has 0 aliphatic heterocycles. The fourth-order valence-electron chi connectivity index (χ4n) is 2.41. The van der Waals surface area contributed by atoms with Crippen LogP contribution >= 0.6 is 15.9 Å². The number of halogens is 1. The van der Waals surface area contributed by atoms with E-state index in [1.54, 1.807) is 37.3 Å². The summed E-state index contributed by atoms with van der Waals surface area (Å²) in [5, 5.41) is 12.8. The van der Waals surface area contributed by atoms with Gasteiger partial charge < -0.3 is 24.1 Å². The predicted octanol–water partition coefficient (Wildman–Crippen LogP) is 3.09. The first-order chi connectivity index (χ1) is 14.4. The minimum absolute atomic E-state index is 0.269. The van der Waals surface area contributed by atoms with E-state index in [-0.39, 0.29) is 5.75 Å². The molecule has 0 saturated carbocycles. The minimum atomic E-state index is -1.10. The first kappa shape index (κ1) is 23.0. The van der Waals surface area contributed by atoms with E-state index in [1.807, 2.05) is 0 Å². The van der Waals surface area contributed by atoms with E-state index in [0.717, 1.165) is 0 Å². The summed E-state index contributed by atoms with van der Waals surface area (Å²) in [6.45, 7) is 1.64. The average Bonchev–Trinajstić information content (AvgIpc) is 2.72. The van der Waals surface area contributed by atoms with Crippen LogP contribution in [0, 0.1) is 0 Å². The molecule has 0 aromatic heterocycles. The Bertz CT molecular complexity index is 947. The maximum atomic E-state index is 12.3. The first-order valence-corrected chi connectivity index (χ1v) is 9.55. The standard InChI is InChI=1S/C20H21BrN2O7/c1-4-29-17-8-12(7-14(21)19(17)30-11-18(24)25)10-22-23-20(26)13-5-6-15(27-2)16(9-13)28-3/h5-10H,4,11H2,1-3H3,(H,23,26)(H,24,25)/b22-10+. The molecule has 0 aliphatic rings. The number of nitrogens with zero attached hydrogens (tertiary/aromatic N) is 1. The zero-order chi connectivity index (χ0) is 22.1. The predicted molar refractivity (Wildman–Crippen MR) is 113 cm³/mol. The van der Waals surface area contributed by atoms with E-state index >= 15 is 0 Å². The molecule has 0 spiro atoms. The molecule has 0 aliphatic carbocycles. The number of hydrogen-bond donors (Lipinski definition) is 2. The van der Waals surface area contributed by atoms with Gasteiger partial charge in [0.2, 0.25) is 0 Å². The molecule has 0 radical (unpaired) electrons. The van der Waals surface area contributed by atoms with Crippen molar-refractivity contribution in [3.63, 3.8) is 0 Å². The first-order valence-electron chi connectivity index (χ1n) is 8.76. The Hall–Kier alpha value is -3.27. The largest absolute Gasteiger partial charge is 0.493 e. The highest BCUT2D eigenvalue weighted by molar-refractivity contribution is 9.10. The van der Waals surface area contributed by atoms with Gasteiger partial charge in [-0.2, -0.15) is 5.10 Å². The number of benzene rings is 2. The van der Waals surface area contributed by atoms with Gasteiger partial charge in [-0.15, -0.1) is 0 Å². The molecule has 10 heteroatoms. The lowest BCUT2D eigenvalue weighted by molar-refractivity contribution is -0.139. The number of rotatable bonds is 10.